The van der Waals surface area contributed by atoms with Crippen molar-refractivity contribution in [3.8, 4) is 0 Å². The van der Waals surface area contributed by atoms with Crippen LogP contribution >= 0.6 is 0 Å². The maximum absolute atomic E-state index is 3.98. The summed E-state index contributed by atoms with van der Waals surface area (Å²) < 4.78 is 0. The molecule has 1 aromatic rings. The lowest BCUT2D eigenvalue weighted by Crippen LogP contribution is -2.16. The summed E-state index contributed by atoms with van der Waals surface area (Å²) in [7, 11) is 0. The van der Waals surface area contributed by atoms with Gasteiger partial charge in [0.15, 0.2) is 0 Å². The summed E-state index contributed by atoms with van der Waals surface area (Å²) in [6, 6.07) is 4.75. The average Bonchev–Trinajstić information content (AvgIpc) is 2.53. The highest BCUT2D eigenvalue weighted by Gasteiger charge is 2.32. The van der Waals surface area contributed by atoms with Crippen molar-refractivity contribution < 1.29 is 0 Å². The minimum absolute atomic E-state index is 0.214. The van der Waals surface area contributed by atoms with E-state index in [9.17, 15) is 0 Å². The van der Waals surface area contributed by atoms with Crippen LogP contribution in [0.5, 0.6) is 0 Å². The van der Waals surface area contributed by atoms with E-state index in [1.165, 1.54) is 29.5 Å². The van der Waals surface area contributed by atoms with Crippen LogP contribution in [0.3, 0.4) is 0 Å². The normalized spacial score (nSPS) is 17.9. The molecule has 0 heterocycles. The molecular formula is C17H24. The number of benzene rings is 1. The van der Waals surface area contributed by atoms with Crippen LogP contribution in [0.2, 0.25) is 0 Å². The van der Waals surface area contributed by atoms with Crippen molar-refractivity contribution in [3.63, 3.8) is 0 Å². The van der Waals surface area contributed by atoms with Gasteiger partial charge in [-0.15, -0.1) is 0 Å². The first-order valence-electron chi connectivity index (χ1n) is 6.56. The van der Waals surface area contributed by atoms with Gasteiger partial charge in [0, 0.05) is 0 Å². The highest BCUT2D eigenvalue weighted by Crippen LogP contribution is 2.42. The van der Waals surface area contributed by atoms with Crippen LogP contribution in [-0.2, 0) is 17.3 Å². The molecule has 2 rings (SSSR count). The second-order valence-corrected chi connectivity index (χ2v) is 6.93. The molecule has 0 fully saturated rings. The van der Waals surface area contributed by atoms with Gasteiger partial charge in [0.05, 0.1) is 0 Å². The fourth-order valence-corrected chi connectivity index (χ4v) is 2.76. The monoisotopic (exact) mass is 228 g/mol. The van der Waals surface area contributed by atoms with Crippen LogP contribution in [0, 0.1) is 0 Å². The Balaban J connectivity index is 2.67. The Morgan fingerprint density at radius 2 is 1.88 bits per heavy atom. The minimum atomic E-state index is 0.214. The van der Waals surface area contributed by atoms with Gasteiger partial charge in [-0.2, -0.15) is 0 Å². The van der Waals surface area contributed by atoms with Crippen LogP contribution in [-0.4, -0.2) is 0 Å². The number of hydrogen-bond donors (Lipinski definition) is 0. The van der Waals surface area contributed by atoms with Crippen molar-refractivity contribution in [1.29, 1.82) is 0 Å². The summed E-state index contributed by atoms with van der Waals surface area (Å²) in [6.45, 7) is 15.5. The third kappa shape index (κ3) is 2.06. The number of fused-ring (bicyclic) bond motifs is 1. The minimum Gasteiger partial charge on any atom is -0.0985 e. The van der Waals surface area contributed by atoms with Gasteiger partial charge in [-0.25, -0.2) is 0 Å². The molecule has 1 aliphatic rings. The maximum atomic E-state index is 3.98. The first-order chi connectivity index (χ1) is 7.75. The Hall–Kier alpha value is -1.04. The van der Waals surface area contributed by atoms with Gasteiger partial charge in [-0.3, -0.25) is 0 Å². The highest BCUT2D eigenvalue weighted by molar-refractivity contribution is 5.60. The van der Waals surface area contributed by atoms with Crippen molar-refractivity contribution in [2.24, 2.45) is 0 Å². The van der Waals surface area contributed by atoms with E-state index < -0.39 is 0 Å². The third-order valence-electron chi connectivity index (χ3n) is 4.10. The molecule has 0 heteroatoms. The van der Waals surface area contributed by atoms with Crippen molar-refractivity contribution in [3.05, 3.63) is 41.0 Å². The molecule has 1 aromatic carbocycles. The Bertz CT molecular complexity index is 456. The van der Waals surface area contributed by atoms with Crippen LogP contribution < -0.4 is 0 Å². The number of rotatable bonds is 1. The van der Waals surface area contributed by atoms with Crippen LogP contribution in [0.15, 0.2) is 18.7 Å². The number of hydrogen-bond acceptors (Lipinski definition) is 0. The topological polar surface area (TPSA) is 0 Å². The zero-order chi connectivity index (χ0) is 12.8. The Kier molecular flexibility index (Phi) is 2.72. The predicted molar refractivity (Wildman–Crippen MR) is 76.6 cm³/mol. The van der Waals surface area contributed by atoms with E-state index in [4.69, 9.17) is 0 Å². The SMILES string of the molecule is C=Cc1cc(C(C)(C)C)cc2c1CCC2(C)C. The van der Waals surface area contributed by atoms with Gasteiger partial charge in [0.25, 0.3) is 0 Å². The quantitative estimate of drug-likeness (QED) is 0.644. The fourth-order valence-electron chi connectivity index (χ4n) is 2.76. The first kappa shape index (κ1) is 12.4. The predicted octanol–water partition coefficient (Wildman–Crippen LogP) is 4.85. The Labute approximate surface area is 106 Å². The first-order valence-corrected chi connectivity index (χ1v) is 6.56. The Morgan fingerprint density at radius 3 is 2.41 bits per heavy atom. The van der Waals surface area contributed by atoms with E-state index in [1.807, 2.05) is 6.08 Å². The van der Waals surface area contributed by atoms with Gasteiger partial charge in [0.2, 0.25) is 0 Å². The van der Waals surface area contributed by atoms with Crippen molar-refractivity contribution >= 4 is 6.08 Å². The smallest absolute Gasteiger partial charge is 0.00973 e. The lowest BCUT2D eigenvalue weighted by atomic mass is 9.79. The van der Waals surface area contributed by atoms with E-state index in [2.05, 4.69) is 53.3 Å². The molecule has 0 bridgehead atoms. The third-order valence-corrected chi connectivity index (χ3v) is 4.10. The summed E-state index contributed by atoms with van der Waals surface area (Å²) in [5, 5.41) is 0. The summed E-state index contributed by atoms with van der Waals surface area (Å²) >= 11 is 0. The lowest BCUT2D eigenvalue weighted by molar-refractivity contribution is 0.519. The molecular weight excluding hydrogens is 204 g/mol. The summed E-state index contributed by atoms with van der Waals surface area (Å²) in [4.78, 5) is 0. The Morgan fingerprint density at radius 1 is 1.24 bits per heavy atom. The molecule has 92 valence electrons. The molecule has 0 aromatic heterocycles. The molecule has 0 radical (unpaired) electrons. The molecule has 0 unspecified atom stereocenters. The van der Waals surface area contributed by atoms with E-state index in [0.717, 1.165) is 0 Å². The summed E-state index contributed by atoms with van der Waals surface area (Å²) in [5.74, 6) is 0. The van der Waals surface area contributed by atoms with Crippen LogP contribution in [0.25, 0.3) is 6.08 Å². The molecule has 0 saturated carbocycles. The van der Waals surface area contributed by atoms with Crippen molar-refractivity contribution in [2.75, 3.05) is 0 Å². The zero-order valence-corrected chi connectivity index (χ0v) is 11.9. The molecule has 0 aliphatic heterocycles. The van der Waals surface area contributed by atoms with Crippen molar-refractivity contribution in [2.45, 2.75) is 58.3 Å². The van der Waals surface area contributed by atoms with E-state index >= 15 is 0 Å². The van der Waals surface area contributed by atoms with Crippen molar-refractivity contribution in [1.82, 2.24) is 0 Å². The molecule has 1 aliphatic carbocycles. The zero-order valence-electron chi connectivity index (χ0n) is 11.9. The van der Waals surface area contributed by atoms with Crippen LogP contribution in [0.4, 0.5) is 0 Å². The van der Waals surface area contributed by atoms with Gasteiger partial charge >= 0.3 is 0 Å². The molecule has 0 saturated heterocycles. The summed E-state index contributed by atoms with van der Waals surface area (Å²) in [5.41, 5.74) is 6.39. The second-order valence-electron chi connectivity index (χ2n) is 6.93. The van der Waals surface area contributed by atoms with Gasteiger partial charge in [-0.05, 0) is 45.9 Å². The maximum Gasteiger partial charge on any atom is -0.00973 e. The molecule has 17 heavy (non-hydrogen) atoms. The molecule has 0 atom stereocenters. The lowest BCUT2D eigenvalue weighted by Gasteiger charge is -2.25. The van der Waals surface area contributed by atoms with Crippen LogP contribution in [0.1, 0.15) is 63.3 Å². The average molecular weight is 228 g/mol. The van der Waals surface area contributed by atoms with E-state index in [0.29, 0.717) is 5.41 Å². The largest absolute Gasteiger partial charge is 0.0985 e. The molecule has 0 nitrogen and oxygen atoms in total. The van der Waals surface area contributed by atoms with Gasteiger partial charge in [0.1, 0.15) is 0 Å². The summed E-state index contributed by atoms with van der Waals surface area (Å²) in [6.07, 6.45) is 4.49. The van der Waals surface area contributed by atoms with Gasteiger partial charge in [-0.1, -0.05) is 59.4 Å². The fraction of sp³-hybridized carbons (Fsp3) is 0.529. The van der Waals surface area contributed by atoms with E-state index in [-0.39, 0.29) is 5.41 Å². The standard InChI is InChI=1S/C17H24/c1-7-12-10-13(16(2,3)4)11-15-14(12)8-9-17(15,5)6/h7,10-11H,1,8-9H2,2-6H3. The second kappa shape index (κ2) is 3.73. The molecule has 0 amide bonds. The van der Waals surface area contributed by atoms with E-state index in [1.54, 1.807) is 5.56 Å². The molecule has 0 N–H and O–H groups in total. The molecule has 0 spiro atoms. The van der Waals surface area contributed by atoms with Gasteiger partial charge < -0.3 is 0 Å². The highest BCUT2D eigenvalue weighted by atomic mass is 14.4.